The third-order valence-corrected chi connectivity index (χ3v) is 2.83. The second-order valence-electron chi connectivity index (χ2n) is 3.23. The van der Waals surface area contributed by atoms with Crippen molar-refractivity contribution in [2.45, 2.75) is 6.42 Å². The highest BCUT2D eigenvalue weighted by Crippen LogP contribution is 2.21. The molecule has 0 amide bonds. The molecule has 0 radical (unpaired) electrons. The van der Waals surface area contributed by atoms with Gasteiger partial charge in [0.15, 0.2) is 0 Å². The number of nitrogen functional groups attached to an aromatic ring is 1. The van der Waals surface area contributed by atoms with E-state index in [1.165, 1.54) is 0 Å². The standard InChI is InChI=1S/C10H12BrN3O/c1-15-6-5-9-13-10(11)7-3-2-4-8(12)14(7)9/h2-4H,5-6,12H2,1H3. The molecular weight excluding hydrogens is 258 g/mol. The van der Waals surface area contributed by atoms with Gasteiger partial charge in [-0.3, -0.25) is 4.40 Å². The van der Waals surface area contributed by atoms with Gasteiger partial charge < -0.3 is 10.5 Å². The van der Waals surface area contributed by atoms with E-state index < -0.39 is 0 Å². The van der Waals surface area contributed by atoms with E-state index in [0.717, 1.165) is 22.4 Å². The number of methoxy groups -OCH3 is 1. The number of imidazole rings is 1. The first-order valence-electron chi connectivity index (χ1n) is 4.64. The Morgan fingerprint density at radius 1 is 1.53 bits per heavy atom. The summed E-state index contributed by atoms with van der Waals surface area (Å²) < 4.78 is 7.79. The van der Waals surface area contributed by atoms with Crippen molar-refractivity contribution in [3.63, 3.8) is 0 Å². The van der Waals surface area contributed by atoms with Crippen LogP contribution in [0.5, 0.6) is 0 Å². The first kappa shape index (κ1) is 10.4. The number of anilines is 1. The molecule has 2 N–H and O–H groups in total. The number of aromatic nitrogens is 2. The minimum absolute atomic E-state index is 0.639. The molecule has 0 aliphatic carbocycles. The molecule has 4 nitrogen and oxygen atoms in total. The molecule has 0 aliphatic rings. The lowest BCUT2D eigenvalue weighted by Gasteiger charge is -2.03. The van der Waals surface area contributed by atoms with Crippen molar-refractivity contribution in [1.82, 2.24) is 9.38 Å². The maximum Gasteiger partial charge on any atom is 0.132 e. The van der Waals surface area contributed by atoms with Crippen LogP contribution in [0.3, 0.4) is 0 Å². The van der Waals surface area contributed by atoms with E-state index in [0.29, 0.717) is 12.4 Å². The molecule has 0 saturated heterocycles. The van der Waals surface area contributed by atoms with Crippen LogP contribution < -0.4 is 5.73 Å². The Kier molecular flexibility index (Phi) is 2.93. The minimum atomic E-state index is 0.639. The van der Waals surface area contributed by atoms with Crippen LogP contribution in [0.4, 0.5) is 5.82 Å². The molecule has 0 aliphatic heterocycles. The van der Waals surface area contributed by atoms with Crippen LogP contribution in [0, 0.1) is 0 Å². The number of pyridine rings is 1. The molecule has 2 aromatic rings. The highest BCUT2D eigenvalue weighted by Gasteiger charge is 2.09. The lowest BCUT2D eigenvalue weighted by molar-refractivity contribution is 0.200. The van der Waals surface area contributed by atoms with Crippen molar-refractivity contribution in [3.05, 3.63) is 28.6 Å². The SMILES string of the molecule is COCCc1nc(Br)c2cccc(N)n12. The smallest absolute Gasteiger partial charge is 0.132 e. The summed E-state index contributed by atoms with van der Waals surface area (Å²) in [5.74, 6) is 1.61. The summed E-state index contributed by atoms with van der Waals surface area (Å²) in [5.41, 5.74) is 6.89. The zero-order valence-corrected chi connectivity index (χ0v) is 9.99. The molecule has 0 atom stereocenters. The topological polar surface area (TPSA) is 52.5 Å². The van der Waals surface area contributed by atoms with Gasteiger partial charge in [0.05, 0.1) is 12.1 Å². The van der Waals surface area contributed by atoms with Gasteiger partial charge in [0, 0.05) is 13.5 Å². The van der Waals surface area contributed by atoms with E-state index in [9.17, 15) is 0 Å². The number of nitrogens with zero attached hydrogens (tertiary/aromatic N) is 2. The second kappa shape index (κ2) is 4.20. The van der Waals surface area contributed by atoms with Crippen LogP contribution in [0.15, 0.2) is 22.8 Å². The summed E-state index contributed by atoms with van der Waals surface area (Å²) in [6.07, 6.45) is 0.748. The van der Waals surface area contributed by atoms with Crippen LogP contribution in [-0.2, 0) is 11.2 Å². The van der Waals surface area contributed by atoms with Crippen molar-refractivity contribution < 1.29 is 4.74 Å². The monoisotopic (exact) mass is 269 g/mol. The molecular formula is C10H12BrN3O. The van der Waals surface area contributed by atoms with E-state index in [1.54, 1.807) is 7.11 Å². The maximum atomic E-state index is 5.90. The van der Waals surface area contributed by atoms with Gasteiger partial charge in [-0.05, 0) is 28.1 Å². The first-order valence-corrected chi connectivity index (χ1v) is 5.43. The lowest BCUT2D eigenvalue weighted by atomic mass is 10.4. The largest absolute Gasteiger partial charge is 0.385 e. The maximum absolute atomic E-state index is 5.90. The van der Waals surface area contributed by atoms with Gasteiger partial charge in [-0.2, -0.15) is 0 Å². The summed E-state index contributed by atoms with van der Waals surface area (Å²) in [5, 5.41) is 0. The Hall–Kier alpha value is -1.07. The van der Waals surface area contributed by atoms with E-state index in [-0.39, 0.29) is 0 Å². The van der Waals surface area contributed by atoms with E-state index in [1.807, 2.05) is 22.6 Å². The fraction of sp³-hybridized carbons (Fsp3) is 0.300. The average Bonchev–Trinajstić information content (AvgIpc) is 2.55. The third-order valence-electron chi connectivity index (χ3n) is 2.25. The van der Waals surface area contributed by atoms with E-state index >= 15 is 0 Å². The van der Waals surface area contributed by atoms with Crippen molar-refractivity contribution >= 4 is 27.3 Å². The van der Waals surface area contributed by atoms with Crippen molar-refractivity contribution in [1.29, 1.82) is 0 Å². The fourth-order valence-corrected chi connectivity index (χ4v) is 2.07. The molecule has 0 fully saturated rings. The molecule has 0 bridgehead atoms. The van der Waals surface area contributed by atoms with E-state index in [4.69, 9.17) is 10.5 Å². The van der Waals surface area contributed by atoms with E-state index in [2.05, 4.69) is 20.9 Å². The van der Waals surface area contributed by atoms with Gasteiger partial charge in [0.2, 0.25) is 0 Å². The number of hydrogen-bond donors (Lipinski definition) is 1. The lowest BCUT2D eigenvalue weighted by Crippen LogP contribution is -2.04. The Labute approximate surface area is 96.2 Å². The Bertz CT molecular complexity index is 481. The van der Waals surface area contributed by atoms with Crippen LogP contribution >= 0.6 is 15.9 Å². The quantitative estimate of drug-likeness (QED) is 0.926. The molecule has 2 rings (SSSR count). The van der Waals surface area contributed by atoms with Crippen LogP contribution in [0.25, 0.3) is 5.52 Å². The number of rotatable bonds is 3. The summed E-state index contributed by atoms with van der Waals surface area (Å²) in [4.78, 5) is 4.41. The summed E-state index contributed by atoms with van der Waals surface area (Å²) in [6, 6.07) is 5.75. The van der Waals surface area contributed by atoms with Gasteiger partial charge in [-0.15, -0.1) is 0 Å². The highest BCUT2D eigenvalue weighted by atomic mass is 79.9. The zero-order valence-electron chi connectivity index (χ0n) is 8.40. The number of halogens is 1. The molecule has 5 heteroatoms. The second-order valence-corrected chi connectivity index (χ2v) is 3.98. The fourth-order valence-electron chi connectivity index (χ4n) is 1.56. The number of ether oxygens (including phenoxy) is 1. The molecule has 80 valence electrons. The Morgan fingerprint density at radius 3 is 3.07 bits per heavy atom. The molecule has 15 heavy (non-hydrogen) atoms. The predicted molar refractivity (Wildman–Crippen MR) is 62.9 cm³/mol. The van der Waals surface area contributed by atoms with Crippen molar-refractivity contribution in [3.8, 4) is 0 Å². The van der Waals surface area contributed by atoms with Crippen LogP contribution in [0.2, 0.25) is 0 Å². The summed E-state index contributed by atoms with van der Waals surface area (Å²) in [7, 11) is 1.67. The Balaban J connectivity index is 2.54. The van der Waals surface area contributed by atoms with Gasteiger partial charge in [-0.25, -0.2) is 4.98 Å². The third kappa shape index (κ3) is 1.85. The average molecular weight is 270 g/mol. The van der Waals surface area contributed by atoms with Crippen LogP contribution in [-0.4, -0.2) is 23.1 Å². The number of hydrogen-bond acceptors (Lipinski definition) is 3. The summed E-state index contributed by atoms with van der Waals surface area (Å²) in [6.45, 7) is 0.639. The normalized spacial score (nSPS) is 11.1. The first-order chi connectivity index (χ1) is 7.24. The molecule has 0 unspecified atom stereocenters. The summed E-state index contributed by atoms with van der Waals surface area (Å²) >= 11 is 3.42. The predicted octanol–water partition coefficient (Wildman–Crippen LogP) is 1.87. The van der Waals surface area contributed by atoms with Gasteiger partial charge >= 0.3 is 0 Å². The highest BCUT2D eigenvalue weighted by molar-refractivity contribution is 9.10. The zero-order chi connectivity index (χ0) is 10.8. The molecule has 0 aromatic carbocycles. The minimum Gasteiger partial charge on any atom is -0.385 e. The number of fused-ring (bicyclic) bond motifs is 1. The Morgan fingerprint density at radius 2 is 2.33 bits per heavy atom. The van der Waals surface area contributed by atoms with Crippen LogP contribution in [0.1, 0.15) is 5.82 Å². The molecule has 0 spiro atoms. The van der Waals surface area contributed by atoms with Gasteiger partial charge in [0.1, 0.15) is 16.2 Å². The molecule has 2 heterocycles. The number of nitrogens with two attached hydrogens (primary N) is 1. The molecule has 0 saturated carbocycles. The van der Waals surface area contributed by atoms with Crippen molar-refractivity contribution in [2.75, 3.05) is 19.5 Å². The van der Waals surface area contributed by atoms with Crippen molar-refractivity contribution in [2.24, 2.45) is 0 Å². The van der Waals surface area contributed by atoms with Gasteiger partial charge in [0.25, 0.3) is 0 Å². The van der Waals surface area contributed by atoms with Gasteiger partial charge in [-0.1, -0.05) is 6.07 Å². The molecule has 2 aromatic heterocycles.